The van der Waals surface area contributed by atoms with Crippen molar-refractivity contribution in [1.29, 1.82) is 0 Å². The van der Waals surface area contributed by atoms with Crippen molar-refractivity contribution in [2.24, 2.45) is 0 Å². The number of amides is 2. The molecule has 1 aliphatic rings. The van der Waals surface area contributed by atoms with Gasteiger partial charge in [-0.3, -0.25) is 19.7 Å². The Kier molecular flexibility index (Phi) is 3.84. The number of hydrogen-bond acceptors (Lipinski definition) is 5. The van der Waals surface area contributed by atoms with Crippen molar-refractivity contribution in [2.45, 2.75) is 13.8 Å². The average molecular weight is 338 g/mol. The Labute approximate surface area is 143 Å². The quantitative estimate of drug-likeness (QED) is 0.392. The molecule has 0 aromatic heterocycles. The largest absolute Gasteiger partial charge is 0.506 e. The summed E-state index contributed by atoms with van der Waals surface area (Å²) in [6, 6.07) is 10.5. The van der Waals surface area contributed by atoms with Gasteiger partial charge >= 0.3 is 0 Å². The zero-order valence-corrected chi connectivity index (χ0v) is 13.5. The van der Waals surface area contributed by atoms with Crippen LogP contribution in [0.1, 0.15) is 23.6 Å². The van der Waals surface area contributed by atoms with E-state index in [1.165, 1.54) is 25.1 Å². The lowest BCUT2D eigenvalue weighted by Crippen LogP contribution is -2.31. The molecule has 0 spiro atoms. The lowest BCUT2D eigenvalue weighted by molar-refractivity contribution is -0.384. The van der Waals surface area contributed by atoms with Crippen LogP contribution >= 0.6 is 0 Å². The molecule has 126 valence electrons. The Morgan fingerprint density at radius 3 is 2.36 bits per heavy atom. The fourth-order valence-electron chi connectivity index (χ4n) is 2.77. The van der Waals surface area contributed by atoms with Gasteiger partial charge in [0.25, 0.3) is 11.6 Å². The molecule has 1 heterocycles. The van der Waals surface area contributed by atoms with Crippen LogP contribution in [0.15, 0.2) is 42.5 Å². The molecule has 3 rings (SSSR count). The van der Waals surface area contributed by atoms with Crippen LogP contribution in [0.25, 0.3) is 11.3 Å². The molecule has 0 saturated heterocycles. The number of nitro groups is 1. The van der Waals surface area contributed by atoms with Crippen LogP contribution in [0, 0.1) is 17.0 Å². The van der Waals surface area contributed by atoms with Gasteiger partial charge < -0.3 is 5.11 Å². The van der Waals surface area contributed by atoms with Gasteiger partial charge in [0.15, 0.2) is 0 Å². The van der Waals surface area contributed by atoms with E-state index < -0.39 is 16.7 Å². The van der Waals surface area contributed by atoms with Gasteiger partial charge in [0.05, 0.1) is 16.2 Å². The number of carbonyl (C=O) groups is 2. The molecule has 0 atom stereocenters. The molecule has 25 heavy (non-hydrogen) atoms. The van der Waals surface area contributed by atoms with Gasteiger partial charge in [0.1, 0.15) is 5.76 Å². The second-order valence-electron chi connectivity index (χ2n) is 5.71. The topological polar surface area (TPSA) is 101 Å². The number of hydrogen-bond donors (Lipinski definition) is 1. The SMILES string of the molecule is CC(=O)N1C(=O)C(=C(O)c2ccc(C)cc2)c2cc([N+](=O)[O-])ccc21. The van der Waals surface area contributed by atoms with Gasteiger partial charge in [0.2, 0.25) is 5.91 Å². The van der Waals surface area contributed by atoms with E-state index in [1.807, 2.05) is 6.92 Å². The number of aliphatic hydroxyl groups excluding tert-OH is 1. The van der Waals surface area contributed by atoms with E-state index >= 15 is 0 Å². The first-order valence-electron chi connectivity index (χ1n) is 7.45. The van der Waals surface area contributed by atoms with Crippen molar-refractivity contribution >= 4 is 34.5 Å². The first-order valence-corrected chi connectivity index (χ1v) is 7.45. The molecule has 2 aromatic rings. The van der Waals surface area contributed by atoms with Gasteiger partial charge in [0, 0.05) is 30.2 Å². The molecule has 7 nitrogen and oxygen atoms in total. The van der Waals surface area contributed by atoms with Crippen LogP contribution in [0.3, 0.4) is 0 Å². The minimum Gasteiger partial charge on any atom is -0.506 e. The normalized spacial score (nSPS) is 15.1. The predicted octanol–water partition coefficient (Wildman–Crippen LogP) is 3.22. The molecule has 0 fully saturated rings. The third-order valence-corrected chi connectivity index (χ3v) is 3.99. The second-order valence-corrected chi connectivity index (χ2v) is 5.71. The standard InChI is InChI=1S/C18H14N2O5/c1-10-3-5-12(6-4-10)17(22)16-14-9-13(20(24)25)7-8-15(14)19(11(2)21)18(16)23/h3-9,22H,1-2H3. The van der Waals surface area contributed by atoms with E-state index in [4.69, 9.17) is 0 Å². The minimum absolute atomic E-state index is 0.127. The highest BCUT2D eigenvalue weighted by molar-refractivity contribution is 6.42. The molecule has 1 N–H and O–H groups in total. The first-order chi connectivity index (χ1) is 11.8. The maximum absolute atomic E-state index is 12.7. The van der Waals surface area contributed by atoms with Crippen molar-refractivity contribution < 1.29 is 19.6 Å². The highest BCUT2D eigenvalue weighted by Crippen LogP contribution is 2.41. The summed E-state index contributed by atoms with van der Waals surface area (Å²) in [6.07, 6.45) is 0. The van der Waals surface area contributed by atoms with Gasteiger partial charge in [-0.15, -0.1) is 0 Å². The molecule has 0 radical (unpaired) electrons. The Balaban J connectivity index is 2.27. The number of non-ortho nitro benzene ring substituents is 1. The molecule has 0 saturated carbocycles. The number of anilines is 1. The number of nitro benzene ring substituents is 1. The Bertz CT molecular complexity index is 944. The fourth-order valence-corrected chi connectivity index (χ4v) is 2.77. The molecule has 7 heteroatoms. The number of fused-ring (bicyclic) bond motifs is 1. The second kappa shape index (κ2) is 5.86. The lowest BCUT2D eigenvalue weighted by atomic mass is 10.0. The molecule has 2 aromatic carbocycles. The Hall–Kier alpha value is -3.48. The van der Waals surface area contributed by atoms with Crippen LogP contribution in [-0.2, 0) is 9.59 Å². The number of rotatable bonds is 2. The molecule has 0 aliphatic carbocycles. The highest BCUT2D eigenvalue weighted by atomic mass is 16.6. The molecule has 0 unspecified atom stereocenters. The summed E-state index contributed by atoms with van der Waals surface area (Å²) >= 11 is 0. The lowest BCUT2D eigenvalue weighted by Gasteiger charge is -2.11. The van der Waals surface area contributed by atoms with Crippen molar-refractivity contribution in [1.82, 2.24) is 0 Å². The summed E-state index contributed by atoms with van der Waals surface area (Å²) < 4.78 is 0. The van der Waals surface area contributed by atoms with Gasteiger partial charge in [-0.1, -0.05) is 29.8 Å². The van der Waals surface area contributed by atoms with E-state index in [0.29, 0.717) is 5.56 Å². The van der Waals surface area contributed by atoms with Gasteiger partial charge in [-0.25, -0.2) is 4.90 Å². The van der Waals surface area contributed by atoms with Crippen molar-refractivity contribution in [3.05, 3.63) is 69.3 Å². The Morgan fingerprint density at radius 1 is 1.16 bits per heavy atom. The highest BCUT2D eigenvalue weighted by Gasteiger charge is 2.38. The third kappa shape index (κ3) is 2.65. The van der Waals surface area contributed by atoms with E-state index in [2.05, 4.69) is 0 Å². The smallest absolute Gasteiger partial charge is 0.270 e. The summed E-state index contributed by atoms with van der Waals surface area (Å²) in [5.41, 5.74) is 1.38. The molecule has 0 bridgehead atoms. The number of nitrogens with zero attached hydrogens (tertiary/aromatic N) is 2. The van der Waals surface area contributed by atoms with Crippen LogP contribution in [0.2, 0.25) is 0 Å². The van der Waals surface area contributed by atoms with Gasteiger partial charge in [-0.2, -0.15) is 0 Å². The molecular formula is C18H14N2O5. The molecular weight excluding hydrogens is 324 g/mol. The van der Waals surface area contributed by atoms with Crippen LogP contribution in [-0.4, -0.2) is 21.8 Å². The number of carbonyl (C=O) groups excluding carboxylic acids is 2. The summed E-state index contributed by atoms with van der Waals surface area (Å²) in [7, 11) is 0. The van der Waals surface area contributed by atoms with Crippen LogP contribution in [0.5, 0.6) is 0 Å². The van der Waals surface area contributed by atoms with Gasteiger partial charge in [-0.05, 0) is 13.0 Å². The zero-order chi connectivity index (χ0) is 18.3. The third-order valence-electron chi connectivity index (χ3n) is 3.99. The van der Waals surface area contributed by atoms with Crippen molar-refractivity contribution in [3.63, 3.8) is 0 Å². The predicted molar refractivity (Wildman–Crippen MR) is 91.9 cm³/mol. The number of imide groups is 1. The minimum atomic E-state index is -0.707. The van der Waals surface area contributed by atoms with Crippen molar-refractivity contribution in [3.8, 4) is 0 Å². The Morgan fingerprint density at radius 2 is 1.80 bits per heavy atom. The van der Waals surface area contributed by atoms with Crippen LogP contribution < -0.4 is 4.90 Å². The summed E-state index contributed by atoms with van der Waals surface area (Å²) in [6.45, 7) is 3.10. The van der Waals surface area contributed by atoms with Crippen molar-refractivity contribution in [2.75, 3.05) is 4.90 Å². The summed E-state index contributed by atoms with van der Waals surface area (Å²) in [5, 5.41) is 21.7. The van der Waals surface area contributed by atoms with E-state index in [0.717, 1.165) is 10.5 Å². The maximum Gasteiger partial charge on any atom is 0.270 e. The summed E-state index contributed by atoms with van der Waals surface area (Å²) in [5.74, 6) is -1.57. The maximum atomic E-state index is 12.7. The number of benzene rings is 2. The van der Waals surface area contributed by atoms with E-state index in [1.54, 1.807) is 24.3 Å². The number of aliphatic hydroxyl groups is 1. The summed E-state index contributed by atoms with van der Waals surface area (Å²) in [4.78, 5) is 35.9. The van der Waals surface area contributed by atoms with Crippen LogP contribution in [0.4, 0.5) is 11.4 Å². The van der Waals surface area contributed by atoms with E-state index in [9.17, 15) is 24.8 Å². The fraction of sp³-hybridized carbons (Fsp3) is 0.111. The molecule has 2 amide bonds. The monoisotopic (exact) mass is 338 g/mol. The number of aryl methyl sites for hydroxylation is 1. The zero-order valence-electron chi connectivity index (χ0n) is 13.5. The average Bonchev–Trinajstić information content (AvgIpc) is 2.85. The molecule has 1 aliphatic heterocycles. The first kappa shape index (κ1) is 16.4. The van der Waals surface area contributed by atoms with E-state index in [-0.39, 0.29) is 28.3 Å².